The highest BCUT2D eigenvalue weighted by Gasteiger charge is 2.38. The van der Waals surface area contributed by atoms with E-state index < -0.39 is 17.6 Å². The molecule has 0 aliphatic heterocycles. The standard InChI is InChI=1S/C13H21N3O3S/c1-16(13(9-14)5-3-2-4-6-13)11(17)8-20-7-10(15)12(18)19/h10H,2-8,15H2,1H3,(H,18,19). The van der Waals surface area contributed by atoms with E-state index in [2.05, 4.69) is 6.07 Å². The molecule has 1 saturated carbocycles. The minimum absolute atomic E-state index is 0.143. The van der Waals surface area contributed by atoms with Gasteiger partial charge in [0.15, 0.2) is 0 Å². The Bertz CT molecular complexity index is 402. The first kappa shape index (κ1) is 16.8. The third-order valence-electron chi connectivity index (χ3n) is 3.75. The van der Waals surface area contributed by atoms with Crippen LogP contribution in [-0.4, -0.2) is 52.0 Å². The molecule has 20 heavy (non-hydrogen) atoms. The molecule has 0 heterocycles. The van der Waals surface area contributed by atoms with Crippen LogP contribution in [0.5, 0.6) is 0 Å². The lowest BCUT2D eigenvalue weighted by atomic mass is 9.81. The Kier molecular flexibility index (Phi) is 6.30. The zero-order valence-corrected chi connectivity index (χ0v) is 12.5. The second-order valence-corrected chi connectivity index (χ2v) is 6.15. The summed E-state index contributed by atoms with van der Waals surface area (Å²) in [6.07, 6.45) is 4.45. The lowest BCUT2D eigenvalue weighted by molar-refractivity contribution is -0.138. The monoisotopic (exact) mass is 299 g/mol. The number of rotatable bonds is 6. The van der Waals surface area contributed by atoms with Gasteiger partial charge in [0.1, 0.15) is 11.6 Å². The van der Waals surface area contributed by atoms with Crippen LogP contribution in [0.25, 0.3) is 0 Å². The number of hydrogen-bond acceptors (Lipinski definition) is 5. The Morgan fingerprint density at radius 1 is 1.45 bits per heavy atom. The number of thioether (sulfide) groups is 1. The second kappa shape index (κ2) is 7.50. The number of carboxylic acids is 1. The van der Waals surface area contributed by atoms with E-state index in [4.69, 9.17) is 10.8 Å². The van der Waals surface area contributed by atoms with E-state index in [1.165, 1.54) is 16.7 Å². The molecule has 0 saturated heterocycles. The van der Waals surface area contributed by atoms with Crippen LogP contribution in [0, 0.1) is 11.3 Å². The van der Waals surface area contributed by atoms with Gasteiger partial charge < -0.3 is 15.7 Å². The molecular weight excluding hydrogens is 278 g/mol. The summed E-state index contributed by atoms with van der Waals surface area (Å²) >= 11 is 1.19. The normalized spacial score (nSPS) is 18.9. The summed E-state index contributed by atoms with van der Waals surface area (Å²) in [5.74, 6) is -0.870. The van der Waals surface area contributed by atoms with Crippen molar-refractivity contribution in [2.75, 3.05) is 18.6 Å². The van der Waals surface area contributed by atoms with Crippen molar-refractivity contribution >= 4 is 23.6 Å². The molecule has 0 spiro atoms. The predicted molar refractivity (Wildman–Crippen MR) is 77.1 cm³/mol. The quantitative estimate of drug-likeness (QED) is 0.751. The molecule has 6 nitrogen and oxygen atoms in total. The smallest absolute Gasteiger partial charge is 0.321 e. The Balaban J connectivity index is 2.49. The maximum atomic E-state index is 12.1. The highest BCUT2D eigenvalue weighted by Crippen LogP contribution is 2.32. The Morgan fingerprint density at radius 2 is 2.05 bits per heavy atom. The van der Waals surface area contributed by atoms with Crippen molar-refractivity contribution in [2.24, 2.45) is 5.73 Å². The molecule has 0 radical (unpaired) electrons. The van der Waals surface area contributed by atoms with Crippen LogP contribution >= 0.6 is 11.8 Å². The van der Waals surface area contributed by atoms with Crippen molar-refractivity contribution in [3.8, 4) is 6.07 Å². The van der Waals surface area contributed by atoms with Gasteiger partial charge in [-0.1, -0.05) is 19.3 Å². The van der Waals surface area contributed by atoms with Gasteiger partial charge in [-0.15, -0.1) is 11.8 Å². The molecule has 112 valence electrons. The van der Waals surface area contributed by atoms with E-state index >= 15 is 0 Å². The summed E-state index contributed by atoms with van der Waals surface area (Å²) < 4.78 is 0. The second-order valence-electron chi connectivity index (χ2n) is 5.12. The topological polar surface area (TPSA) is 107 Å². The number of nitrogens with zero attached hydrogens (tertiary/aromatic N) is 2. The molecule has 0 aromatic heterocycles. The number of carbonyl (C=O) groups excluding carboxylic acids is 1. The highest BCUT2D eigenvalue weighted by atomic mass is 32.2. The van der Waals surface area contributed by atoms with Gasteiger partial charge in [-0.05, 0) is 12.8 Å². The van der Waals surface area contributed by atoms with Gasteiger partial charge in [-0.2, -0.15) is 5.26 Å². The van der Waals surface area contributed by atoms with Gasteiger partial charge in [-0.3, -0.25) is 9.59 Å². The van der Waals surface area contributed by atoms with Gasteiger partial charge in [-0.25, -0.2) is 0 Å². The summed E-state index contributed by atoms with van der Waals surface area (Å²) in [6.45, 7) is 0. The van der Waals surface area contributed by atoms with Crippen LogP contribution in [-0.2, 0) is 9.59 Å². The highest BCUT2D eigenvalue weighted by molar-refractivity contribution is 8.00. The van der Waals surface area contributed by atoms with Gasteiger partial charge in [0.2, 0.25) is 5.91 Å². The molecule has 1 rings (SSSR count). The molecule has 1 fully saturated rings. The molecule has 0 aromatic carbocycles. The van der Waals surface area contributed by atoms with E-state index in [1.54, 1.807) is 7.05 Å². The summed E-state index contributed by atoms with van der Waals surface area (Å²) in [4.78, 5) is 24.2. The van der Waals surface area contributed by atoms with Crippen molar-refractivity contribution in [1.29, 1.82) is 5.26 Å². The molecule has 1 aliphatic carbocycles. The SMILES string of the molecule is CN(C(=O)CSCC(N)C(=O)O)C1(C#N)CCCCC1. The lowest BCUT2D eigenvalue weighted by Gasteiger charge is -2.39. The van der Waals surface area contributed by atoms with Crippen molar-refractivity contribution < 1.29 is 14.7 Å². The van der Waals surface area contributed by atoms with Gasteiger partial charge in [0.25, 0.3) is 0 Å². The Labute approximate surface area is 123 Å². The average molecular weight is 299 g/mol. The number of carboxylic acid groups (broad SMARTS) is 1. The Morgan fingerprint density at radius 3 is 2.55 bits per heavy atom. The molecule has 1 aliphatic rings. The van der Waals surface area contributed by atoms with Crippen LogP contribution in [0.3, 0.4) is 0 Å². The van der Waals surface area contributed by atoms with Crippen LogP contribution in [0.2, 0.25) is 0 Å². The lowest BCUT2D eigenvalue weighted by Crippen LogP contribution is -2.50. The number of aliphatic carboxylic acids is 1. The summed E-state index contributed by atoms with van der Waals surface area (Å²) in [5.41, 5.74) is 4.69. The number of nitriles is 1. The Hall–Kier alpha value is -1.26. The molecule has 1 unspecified atom stereocenters. The largest absolute Gasteiger partial charge is 0.480 e. The number of nitrogens with two attached hydrogens (primary N) is 1. The molecule has 7 heteroatoms. The predicted octanol–water partition coefficient (Wildman–Crippen LogP) is 0.816. The number of carbonyl (C=O) groups is 2. The first-order chi connectivity index (χ1) is 9.43. The molecule has 3 N–H and O–H groups in total. The third kappa shape index (κ3) is 4.12. The maximum Gasteiger partial charge on any atom is 0.321 e. The van der Waals surface area contributed by atoms with Crippen molar-refractivity contribution in [3.05, 3.63) is 0 Å². The minimum Gasteiger partial charge on any atom is -0.480 e. The van der Waals surface area contributed by atoms with E-state index in [0.29, 0.717) is 12.8 Å². The van der Waals surface area contributed by atoms with Gasteiger partial charge in [0, 0.05) is 12.8 Å². The molecule has 1 amide bonds. The minimum atomic E-state index is -1.07. The van der Waals surface area contributed by atoms with Gasteiger partial charge in [0.05, 0.1) is 11.8 Å². The van der Waals surface area contributed by atoms with Crippen LogP contribution in [0.15, 0.2) is 0 Å². The zero-order valence-electron chi connectivity index (χ0n) is 11.7. The van der Waals surface area contributed by atoms with Crippen LogP contribution in [0.4, 0.5) is 0 Å². The first-order valence-corrected chi connectivity index (χ1v) is 7.82. The van der Waals surface area contributed by atoms with Crippen LogP contribution < -0.4 is 5.73 Å². The summed E-state index contributed by atoms with van der Waals surface area (Å²) in [5, 5.41) is 18.1. The van der Waals surface area contributed by atoms with E-state index in [1.807, 2.05) is 0 Å². The number of amides is 1. The van der Waals surface area contributed by atoms with Crippen molar-refractivity contribution in [3.63, 3.8) is 0 Å². The molecule has 1 atom stereocenters. The van der Waals surface area contributed by atoms with Crippen molar-refractivity contribution in [2.45, 2.75) is 43.7 Å². The van der Waals surface area contributed by atoms with E-state index in [-0.39, 0.29) is 17.4 Å². The van der Waals surface area contributed by atoms with E-state index in [9.17, 15) is 14.9 Å². The third-order valence-corrected chi connectivity index (χ3v) is 4.79. The molecule has 0 bridgehead atoms. The molecule has 0 aromatic rings. The maximum absolute atomic E-state index is 12.1. The van der Waals surface area contributed by atoms with Gasteiger partial charge >= 0.3 is 5.97 Å². The number of hydrogen-bond donors (Lipinski definition) is 2. The average Bonchev–Trinajstić information content (AvgIpc) is 2.46. The fourth-order valence-corrected chi connectivity index (χ4v) is 3.22. The first-order valence-electron chi connectivity index (χ1n) is 6.67. The summed E-state index contributed by atoms with van der Waals surface area (Å²) in [6, 6.07) is 1.33. The fourth-order valence-electron chi connectivity index (χ4n) is 2.34. The fraction of sp³-hybridized carbons (Fsp3) is 0.769. The van der Waals surface area contributed by atoms with Crippen molar-refractivity contribution in [1.82, 2.24) is 4.90 Å². The zero-order chi connectivity index (χ0) is 15.2. The van der Waals surface area contributed by atoms with E-state index in [0.717, 1.165) is 19.3 Å². The van der Waals surface area contributed by atoms with Crippen LogP contribution in [0.1, 0.15) is 32.1 Å². The molecular formula is C13H21N3O3S. The summed E-state index contributed by atoms with van der Waals surface area (Å²) in [7, 11) is 1.66.